The van der Waals surface area contributed by atoms with Crippen molar-refractivity contribution in [1.29, 1.82) is 0 Å². The average Bonchev–Trinajstić information content (AvgIpc) is 3.38. The van der Waals surface area contributed by atoms with E-state index in [-0.39, 0.29) is 47.8 Å². The summed E-state index contributed by atoms with van der Waals surface area (Å²) in [4.78, 5) is 12.3. The Labute approximate surface area is 164 Å². The lowest BCUT2D eigenvalue weighted by atomic mass is 10.2. The number of hydrogen-bond donors (Lipinski definition) is 1. The molecule has 2 unspecified atom stereocenters. The Balaban J connectivity index is 1.41. The number of fused-ring (bicyclic) bond motifs is 1. The normalized spacial score (nSPS) is 21.0. The Hall–Kier alpha value is -2.73. The molecule has 1 aliphatic heterocycles. The van der Waals surface area contributed by atoms with Crippen molar-refractivity contribution in [3.63, 3.8) is 0 Å². The average molecular weight is 425 g/mol. The molecule has 0 saturated carbocycles. The largest absolute Gasteiger partial charge is 0.426 e. The summed E-state index contributed by atoms with van der Waals surface area (Å²) in [5, 5.41) is 9.59. The van der Waals surface area contributed by atoms with Crippen LogP contribution in [0, 0.1) is 5.82 Å². The maximum absolute atomic E-state index is 12.9. The summed E-state index contributed by atoms with van der Waals surface area (Å²) in [6.45, 7) is 0.130. The Kier molecular flexibility index (Phi) is 5.13. The Morgan fingerprint density at radius 1 is 1.21 bits per heavy atom. The number of furan rings is 1. The maximum atomic E-state index is 12.9. The highest BCUT2D eigenvalue weighted by Crippen LogP contribution is 2.30. The van der Waals surface area contributed by atoms with Gasteiger partial charge >= 0.3 is 0 Å². The Morgan fingerprint density at radius 3 is 2.69 bits per heavy atom. The van der Waals surface area contributed by atoms with Crippen LogP contribution in [0.25, 0.3) is 0 Å². The van der Waals surface area contributed by atoms with Crippen LogP contribution in [0.2, 0.25) is 0 Å². The van der Waals surface area contributed by atoms with Crippen molar-refractivity contribution in [2.45, 2.75) is 23.7 Å². The monoisotopic (exact) mass is 425 g/mol. The summed E-state index contributed by atoms with van der Waals surface area (Å²) in [6.07, 6.45) is 1.04. The van der Waals surface area contributed by atoms with Crippen LogP contribution in [0.4, 0.5) is 4.39 Å². The van der Waals surface area contributed by atoms with Crippen molar-refractivity contribution in [2.75, 3.05) is 12.7 Å². The van der Waals surface area contributed by atoms with Gasteiger partial charge in [-0.1, -0.05) is 0 Å². The van der Waals surface area contributed by atoms with Gasteiger partial charge in [-0.2, -0.15) is 0 Å². The summed E-state index contributed by atoms with van der Waals surface area (Å²) in [7, 11) is -4.17. The topological polar surface area (TPSA) is 116 Å². The molecule has 2 aliphatic rings. The van der Waals surface area contributed by atoms with Gasteiger partial charge in [0, 0.05) is 18.1 Å². The van der Waals surface area contributed by atoms with Gasteiger partial charge in [-0.15, -0.1) is 0 Å². The fourth-order valence-corrected chi connectivity index (χ4v) is 4.02. The van der Waals surface area contributed by atoms with Crippen LogP contribution in [-0.2, 0) is 24.1 Å². The number of carbonyl (C=O) groups excluding carboxylic acids is 1. The lowest BCUT2D eigenvalue weighted by Crippen LogP contribution is -2.33. The van der Waals surface area contributed by atoms with Gasteiger partial charge in [0.1, 0.15) is 24.5 Å². The van der Waals surface area contributed by atoms with E-state index in [1.165, 1.54) is 36.4 Å². The summed E-state index contributed by atoms with van der Waals surface area (Å²) >= 11 is 0. The highest BCUT2D eigenvalue weighted by atomic mass is 32.2. The second-order valence-electron chi connectivity index (χ2n) is 6.43. The lowest BCUT2D eigenvalue weighted by Gasteiger charge is -2.15. The number of benzene rings is 1. The third-order valence-electron chi connectivity index (χ3n) is 4.39. The molecule has 0 spiro atoms. The minimum Gasteiger partial charge on any atom is -0.426 e. The molecule has 1 aromatic carbocycles. The molecule has 4 rings (SSSR count). The molecule has 2 aromatic rings. The number of amides is 1. The number of halogens is 1. The van der Waals surface area contributed by atoms with Gasteiger partial charge in [-0.05, 0) is 36.4 Å². The first-order valence-electron chi connectivity index (χ1n) is 8.52. The van der Waals surface area contributed by atoms with Crippen molar-refractivity contribution >= 4 is 15.7 Å². The molecule has 1 amide bonds. The number of rotatable bonds is 6. The van der Waals surface area contributed by atoms with E-state index in [1.807, 2.05) is 0 Å². The molecule has 154 valence electrons. The summed E-state index contributed by atoms with van der Waals surface area (Å²) in [5.74, 6) is -2.22. The zero-order valence-corrected chi connectivity index (χ0v) is 15.7. The molecular formula is C18H16FNO8S. The third kappa shape index (κ3) is 4.17. The SMILES string of the molecule is O=C(C1=CC2OCOC2C1)N(O)CS(=O)(=O)c1ccc(Oc2ccc(F)cc2)o1. The lowest BCUT2D eigenvalue weighted by molar-refractivity contribution is -0.156. The van der Waals surface area contributed by atoms with E-state index in [9.17, 15) is 22.8 Å². The van der Waals surface area contributed by atoms with Gasteiger partial charge in [0.2, 0.25) is 14.9 Å². The Morgan fingerprint density at radius 2 is 1.97 bits per heavy atom. The van der Waals surface area contributed by atoms with Gasteiger partial charge in [0.15, 0.2) is 5.88 Å². The predicted molar refractivity (Wildman–Crippen MR) is 93.2 cm³/mol. The summed E-state index contributed by atoms with van der Waals surface area (Å²) in [6, 6.07) is 7.43. The van der Waals surface area contributed by atoms with Crippen molar-refractivity contribution < 1.29 is 41.4 Å². The zero-order valence-electron chi connectivity index (χ0n) is 14.9. The molecule has 0 radical (unpaired) electrons. The summed E-state index contributed by atoms with van der Waals surface area (Å²) < 4.78 is 58.8. The molecule has 1 aliphatic carbocycles. The highest BCUT2D eigenvalue weighted by Gasteiger charge is 2.38. The first kappa shape index (κ1) is 19.6. The van der Waals surface area contributed by atoms with Gasteiger partial charge < -0.3 is 18.6 Å². The van der Waals surface area contributed by atoms with Crippen LogP contribution in [0.15, 0.2) is 57.6 Å². The molecule has 1 saturated heterocycles. The minimum absolute atomic E-state index is 0.102. The van der Waals surface area contributed by atoms with E-state index in [0.717, 1.165) is 6.07 Å². The van der Waals surface area contributed by atoms with Crippen molar-refractivity contribution in [3.05, 3.63) is 53.9 Å². The van der Waals surface area contributed by atoms with Crippen LogP contribution in [0.3, 0.4) is 0 Å². The molecule has 0 bridgehead atoms. The van der Waals surface area contributed by atoms with E-state index in [4.69, 9.17) is 18.6 Å². The van der Waals surface area contributed by atoms with Crippen LogP contribution in [-0.4, -0.2) is 49.5 Å². The standard InChI is InChI=1S/C18H16FNO8S/c19-12-1-3-13(4-2-12)27-16-5-6-17(28-16)29(23,24)9-20(22)18(21)11-7-14-15(8-11)26-10-25-14/h1-7,14-15,22H,8-10H2. The molecule has 1 aromatic heterocycles. The molecule has 11 heteroatoms. The van der Waals surface area contributed by atoms with Gasteiger partial charge in [-0.25, -0.2) is 17.9 Å². The second kappa shape index (κ2) is 7.59. The molecule has 1 fully saturated rings. The fourth-order valence-electron chi connectivity index (χ4n) is 2.97. The molecule has 1 N–H and O–H groups in total. The van der Waals surface area contributed by atoms with E-state index < -0.39 is 32.5 Å². The van der Waals surface area contributed by atoms with Crippen LogP contribution < -0.4 is 4.74 Å². The minimum atomic E-state index is -4.17. The van der Waals surface area contributed by atoms with E-state index in [2.05, 4.69) is 0 Å². The number of nitrogens with zero attached hydrogens (tertiary/aromatic N) is 1. The second-order valence-corrected chi connectivity index (χ2v) is 8.32. The van der Waals surface area contributed by atoms with Crippen LogP contribution in [0.1, 0.15) is 6.42 Å². The summed E-state index contributed by atoms with van der Waals surface area (Å²) in [5.41, 5.74) is 0.206. The first-order chi connectivity index (χ1) is 13.8. The molecule has 29 heavy (non-hydrogen) atoms. The molecule has 9 nitrogen and oxygen atoms in total. The van der Waals surface area contributed by atoms with Crippen LogP contribution in [0.5, 0.6) is 11.7 Å². The number of sulfone groups is 1. The fraction of sp³-hybridized carbons (Fsp3) is 0.278. The highest BCUT2D eigenvalue weighted by molar-refractivity contribution is 7.91. The van der Waals surface area contributed by atoms with E-state index >= 15 is 0 Å². The van der Waals surface area contributed by atoms with E-state index in [1.54, 1.807) is 0 Å². The van der Waals surface area contributed by atoms with Gasteiger partial charge in [0.05, 0.1) is 6.10 Å². The number of hydrogen-bond acceptors (Lipinski definition) is 8. The molecular weight excluding hydrogens is 409 g/mol. The quantitative estimate of drug-likeness (QED) is 0.553. The predicted octanol–water partition coefficient (Wildman–Crippen LogP) is 2.23. The first-order valence-corrected chi connectivity index (χ1v) is 10.2. The number of carbonyl (C=O) groups is 1. The maximum Gasteiger partial charge on any atom is 0.291 e. The van der Waals surface area contributed by atoms with Crippen molar-refractivity contribution in [1.82, 2.24) is 5.06 Å². The Bertz CT molecular complexity index is 1050. The van der Waals surface area contributed by atoms with Crippen molar-refractivity contribution in [3.8, 4) is 11.7 Å². The van der Waals surface area contributed by atoms with E-state index in [0.29, 0.717) is 0 Å². The van der Waals surface area contributed by atoms with Crippen molar-refractivity contribution in [2.24, 2.45) is 0 Å². The van der Waals surface area contributed by atoms with Gasteiger partial charge in [0.25, 0.3) is 11.9 Å². The number of ether oxygens (including phenoxy) is 3. The zero-order chi connectivity index (χ0) is 20.6. The molecule has 2 heterocycles. The third-order valence-corrected chi connectivity index (χ3v) is 5.81. The molecule has 2 atom stereocenters. The number of hydroxylamine groups is 2. The smallest absolute Gasteiger partial charge is 0.291 e. The van der Waals surface area contributed by atoms with Crippen LogP contribution >= 0.6 is 0 Å². The van der Waals surface area contributed by atoms with Gasteiger partial charge in [-0.3, -0.25) is 10.0 Å².